The van der Waals surface area contributed by atoms with Crippen LogP contribution < -0.4 is 5.32 Å². The highest BCUT2D eigenvalue weighted by Crippen LogP contribution is 2.16. The van der Waals surface area contributed by atoms with Gasteiger partial charge in [-0.15, -0.1) is 0 Å². The minimum atomic E-state index is 0.109. The smallest absolute Gasteiger partial charge is 0.317 e. The summed E-state index contributed by atoms with van der Waals surface area (Å²) in [6.45, 7) is 5.67. The van der Waals surface area contributed by atoms with Gasteiger partial charge in [0.25, 0.3) is 0 Å². The summed E-state index contributed by atoms with van der Waals surface area (Å²) in [5.74, 6) is 0.645. The number of hydrogen-bond acceptors (Lipinski definition) is 2. The molecule has 2 rings (SSSR count). The predicted molar refractivity (Wildman–Crippen MR) is 71.6 cm³/mol. The van der Waals surface area contributed by atoms with E-state index >= 15 is 0 Å². The average Bonchev–Trinajstić information content (AvgIpc) is 2.40. The molecule has 0 spiro atoms. The highest BCUT2D eigenvalue weighted by atomic mass is 16.5. The molecular formula is C14H26N2O2. The number of carbonyl (C=O) groups excluding carboxylic acids is 1. The van der Waals surface area contributed by atoms with Crippen molar-refractivity contribution in [2.24, 2.45) is 5.92 Å². The predicted octanol–water partition coefficient (Wildman–Crippen LogP) is 2.39. The summed E-state index contributed by atoms with van der Waals surface area (Å²) >= 11 is 0. The molecule has 0 aromatic carbocycles. The molecule has 2 saturated heterocycles. The fraction of sp³-hybridized carbons (Fsp3) is 0.929. The SMILES string of the molecule is CC1CCCN(C(=O)NCCC2CCCCO2)C1. The molecule has 2 aliphatic heterocycles. The van der Waals surface area contributed by atoms with E-state index < -0.39 is 0 Å². The summed E-state index contributed by atoms with van der Waals surface area (Å²) in [5, 5.41) is 3.03. The highest BCUT2D eigenvalue weighted by Gasteiger charge is 2.21. The van der Waals surface area contributed by atoms with E-state index in [2.05, 4.69) is 12.2 Å². The minimum Gasteiger partial charge on any atom is -0.378 e. The van der Waals surface area contributed by atoms with Gasteiger partial charge in [-0.05, 0) is 44.4 Å². The molecule has 0 saturated carbocycles. The van der Waals surface area contributed by atoms with E-state index in [1.807, 2.05) is 4.90 Å². The number of carbonyl (C=O) groups is 1. The zero-order valence-corrected chi connectivity index (χ0v) is 11.5. The normalized spacial score (nSPS) is 29.1. The zero-order chi connectivity index (χ0) is 12.8. The lowest BCUT2D eigenvalue weighted by molar-refractivity contribution is 0.0118. The number of ether oxygens (including phenoxy) is 1. The lowest BCUT2D eigenvalue weighted by Gasteiger charge is -2.31. The van der Waals surface area contributed by atoms with Crippen molar-refractivity contribution < 1.29 is 9.53 Å². The Hall–Kier alpha value is -0.770. The molecule has 0 aromatic rings. The summed E-state index contributed by atoms with van der Waals surface area (Å²) < 4.78 is 5.66. The third-order valence-corrected chi connectivity index (χ3v) is 3.96. The number of amides is 2. The van der Waals surface area contributed by atoms with Gasteiger partial charge >= 0.3 is 6.03 Å². The molecule has 104 valence electrons. The van der Waals surface area contributed by atoms with Gasteiger partial charge in [-0.25, -0.2) is 4.79 Å². The molecule has 0 radical (unpaired) electrons. The number of urea groups is 1. The van der Waals surface area contributed by atoms with Crippen molar-refractivity contribution in [3.05, 3.63) is 0 Å². The van der Waals surface area contributed by atoms with Gasteiger partial charge in [-0.2, -0.15) is 0 Å². The first-order chi connectivity index (χ1) is 8.75. The van der Waals surface area contributed by atoms with Crippen LogP contribution in [0.2, 0.25) is 0 Å². The number of nitrogens with one attached hydrogen (secondary N) is 1. The topological polar surface area (TPSA) is 41.6 Å². The summed E-state index contributed by atoms with van der Waals surface area (Å²) in [6.07, 6.45) is 7.31. The van der Waals surface area contributed by atoms with Crippen molar-refractivity contribution in [1.29, 1.82) is 0 Å². The van der Waals surface area contributed by atoms with Crippen LogP contribution in [0.25, 0.3) is 0 Å². The first kappa shape index (κ1) is 13.7. The summed E-state index contributed by atoms with van der Waals surface area (Å²) in [5.41, 5.74) is 0. The summed E-state index contributed by atoms with van der Waals surface area (Å²) in [7, 11) is 0. The fourth-order valence-corrected chi connectivity index (χ4v) is 2.86. The van der Waals surface area contributed by atoms with E-state index in [9.17, 15) is 4.79 Å². The van der Waals surface area contributed by atoms with Crippen molar-refractivity contribution in [2.45, 2.75) is 51.6 Å². The van der Waals surface area contributed by atoms with Crippen LogP contribution in [0.5, 0.6) is 0 Å². The van der Waals surface area contributed by atoms with Crippen LogP contribution in [0.3, 0.4) is 0 Å². The molecular weight excluding hydrogens is 228 g/mol. The molecule has 0 bridgehead atoms. The second-order valence-corrected chi connectivity index (χ2v) is 5.70. The van der Waals surface area contributed by atoms with Crippen LogP contribution in [0.15, 0.2) is 0 Å². The van der Waals surface area contributed by atoms with Gasteiger partial charge in [0.15, 0.2) is 0 Å². The van der Waals surface area contributed by atoms with E-state index in [-0.39, 0.29) is 6.03 Å². The maximum absolute atomic E-state index is 12.0. The van der Waals surface area contributed by atoms with E-state index in [1.54, 1.807) is 0 Å². The Balaban J connectivity index is 1.61. The molecule has 2 heterocycles. The number of hydrogen-bond donors (Lipinski definition) is 1. The van der Waals surface area contributed by atoms with Crippen LogP contribution >= 0.6 is 0 Å². The summed E-state index contributed by atoms with van der Waals surface area (Å²) in [4.78, 5) is 13.9. The molecule has 2 amide bonds. The Morgan fingerprint density at radius 3 is 2.94 bits per heavy atom. The molecule has 2 unspecified atom stereocenters. The molecule has 2 atom stereocenters. The van der Waals surface area contributed by atoms with Crippen molar-refractivity contribution >= 4 is 6.03 Å². The van der Waals surface area contributed by atoms with Gasteiger partial charge in [0, 0.05) is 26.2 Å². The monoisotopic (exact) mass is 254 g/mol. The molecule has 18 heavy (non-hydrogen) atoms. The molecule has 4 nitrogen and oxygen atoms in total. The molecule has 0 aromatic heterocycles. The van der Waals surface area contributed by atoms with E-state index in [0.29, 0.717) is 12.0 Å². The first-order valence-corrected chi connectivity index (χ1v) is 7.40. The number of nitrogens with zero attached hydrogens (tertiary/aromatic N) is 1. The van der Waals surface area contributed by atoms with E-state index in [1.165, 1.54) is 19.3 Å². The Labute approximate surface area is 110 Å². The van der Waals surface area contributed by atoms with Gasteiger partial charge in [-0.1, -0.05) is 6.92 Å². The van der Waals surface area contributed by atoms with Crippen molar-refractivity contribution in [2.75, 3.05) is 26.2 Å². The summed E-state index contributed by atoms with van der Waals surface area (Å²) in [6, 6.07) is 0.109. The first-order valence-electron chi connectivity index (χ1n) is 7.40. The molecule has 1 N–H and O–H groups in total. The third kappa shape index (κ3) is 4.16. The molecule has 0 aliphatic carbocycles. The fourth-order valence-electron chi connectivity index (χ4n) is 2.86. The van der Waals surface area contributed by atoms with Crippen molar-refractivity contribution in [1.82, 2.24) is 10.2 Å². The van der Waals surface area contributed by atoms with Gasteiger partial charge in [-0.3, -0.25) is 0 Å². The molecule has 2 aliphatic rings. The average molecular weight is 254 g/mol. The lowest BCUT2D eigenvalue weighted by Crippen LogP contribution is -2.45. The second-order valence-electron chi connectivity index (χ2n) is 5.70. The van der Waals surface area contributed by atoms with Crippen LogP contribution in [0.4, 0.5) is 4.79 Å². The van der Waals surface area contributed by atoms with Crippen molar-refractivity contribution in [3.63, 3.8) is 0 Å². The lowest BCUT2D eigenvalue weighted by atomic mass is 10.0. The van der Waals surface area contributed by atoms with E-state index in [0.717, 1.165) is 45.5 Å². The van der Waals surface area contributed by atoms with Gasteiger partial charge in [0.05, 0.1) is 6.10 Å². The van der Waals surface area contributed by atoms with E-state index in [4.69, 9.17) is 4.74 Å². The largest absolute Gasteiger partial charge is 0.378 e. The van der Waals surface area contributed by atoms with Crippen LogP contribution in [-0.4, -0.2) is 43.3 Å². The van der Waals surface area contributed by atoms with Crippen LogP contribution in [-0.2, 0) is 4.74 Å². The Morgan fingerprint density at radius 2 is 2.22 bits per heavy atom. The minimum absolute atomic E-state index is 0.109. The molecule has 2 fully saturated rings. The maximum atomic E-state index is 12.0. The molecule has 4 heteroatoms. The Kier molecular flexibility index (Phi) is 5.29. The highest BCUT2D eigenvalue weighted by molar-refractivity contribution is 5.74. The standard InChI is InChI=1S/C14H26N2O2/c1-12-5-4-9-16(11-12)14(17)15-8-7-13-6-2-3-10-18-13/h12-13H,2-11H2,1H3,(H,15,17). The zero-order valence-electron chi connectivity index (χ0n) is 11.5. The second kappa shape index (κ2) is 6.98. The maximum Gasteiger partial charge on any atom is 0.317 e. The van der Waals surface area contributed by atoms with Gasteiger partial charge in [0.1, 0.15) is 0 Å². The van der Waals surface area contributed by atoms with Crippen LogP contribution in [0, 0.1) is 5.92 Å². The van der Waals surface area contributed by atoms with Gasteiger partial charge < -0.3 is 15.0 Å². The number of piperidine rings is 1. The Bertz CT molecular complexity index is 265. The number of rotatable bonds is 3. The third-order valence-electron chi connectivity index (χ3n) is 3.96. The number of likely N-dealkylation sites (tertiary alicyclic amines) is 1. The quantitative estimate of drug-likeness (QED) is 0.840. The Morgan fingerprint density at radius 1 is 1.33 bits per heavy atom. The van der Waals surface area contributed by atoms with Gasteiger partial charge in [0.2, 0.25) is 0 Å². The van der Waals surface area contributed by atoms with Crippen molar-refractivity contribution in [3.8, 4) is 0 Å². The van der Waals surface area contributed by atoms with Crippen LogP contribution in [0.1, 0.15) is 45.4 Å².